The summed E-state index contributed by atoms with van der Waals surface area (Å²) in [5, 5.41) is 3.63. The van der Waals surface area contributed by atoms with Crippen molar-refractivity contribution in [2.45, 2.75) is 13.3 Å². The van der Waals surface area contributed by atoms with E-state index >= 15 is 0 Å². The molecule has 0 aliphatic heterocycles. The fraction of sp³-hybridized carbons (Fsp3) is 0.667. The summed E-state index contributed by atoms with van der Waals surface area (Å²) in [6.07, 6.45) is 1.90. The number of carbonyl (C=O) groups excluding carboxylic acids is 1. The van der Waals surface area contributed by atoms with E-state index in [1.807, 2.05) is 0 Å². The van der Waals surface area contributed by atoms with Crippen LogP contribution in [0.1, 0.15) is 13.3 Å². The molecule has 0 radical (unpaired) electrons. The van der Waals surface area contributed by atoms with E-state index < -0.39 is 0 Å². The van der Waals surface area contributed by atoms with Crippen molar-refractivity contribution < 1.29 is 9.53 Å². The Kier molecular flexibility index (Phi) is 5.42. The van der Waals surface area contributed by atoms with E-state index in [4.69, 9.17) is 0 Å². The van der Waals surface area contributed by atoms with Crippen molar-refractivity contribution in [2.75, 3.05) is 13.7 Å². The maximum absolute atomic E-state index is 10.5. The van der Waals surface area contributed by atoms with Gasteiger partial charge in [-0.15, -0.1) is 0 Å². The van der Waals surface area contributed by atoms with Crippen LogP contribution in [-0.2, 0) is 9.53 Å². The average Bonchev–Trinajstić information content (AvgIpc) is 1.98. The molecule has 0 heterocycles. The van der Waals surface area contributed by atoms with Crippen molar-refractivity contribution in [3.05, 3.63) is 0 Å². The van der Waals surface area contributed by atoms with Crippen LogP contribution in [0.25, 0.3) is 0 Å². The molecule has 0 spiro atoms. The Morgan fingerprint density at radius 1 is 1.80 bits per heavy atom. The lowest BCUT2D eigenvalue weighted by Crippen LogP contribution is -2.06. The van der Waals surface area contributed by atoms with Crippen LogP contribution in [0.2, 0.25) is 0 Å². The van der Waals surface area contributed by atoms with E-state index in [1.54, 1.807) is 14.0 Å². The van der Waals surface area contributed by atoms with Crippen LogP contribution in [0.3, 0.4) is 0 Å². The SMILES string of the molecule is CCC(=O)OC/C=N/NC. The molecule has 0 atom stereocenters. The van der Waals surface area contributed by atoms with Gasteiger partial charge < -0.3 is 10.2 Å². The van der Waals surface area contributed by atoms with Gasteiger partial charge >= 0.3 is 5.97 Å². The standard InChI is InChI=1S/C6H12N2O2/c1-3-6(9)10-5-4-8-7-2/h4,7H,3,5H2,1-2H3/b8-4+. The van der Waals surface area contributed by atoms with Crippen LogP contribution < -0.4 is 5.43 Å². The quantitative estimate of drug-likeness (QED) is 0.347. The van der Waals surface area contributed by atoms with E-state index in [0.29, 0.717) is 6.42 Å². The van der Waals surface area contributed by atoms with E-state index in [-0.39, 0.29) is 12.6 Å². The molecule has 4 nitrogen and oxygen atoms in total. The molecule has 10 heavy (non-hydrogen) atoms. The third kappa shape index (κ3) is 5.08. The fourth-order valence-electron chi connectivity index (χ4n) is 0.361. The Bertz CT molecular complexity index is 123. The second-order valence-electron chi connectivity index (χ2n) is 1.57. The van der Waals surface area contributed by atoms with Gasteiger partial charge in [-0.2, -0.15) is 5.10 Å². The topological polar surface area (TPSA) is 50.7 Å². The summed E-state index contributed by atoms with van der Waals surface area (Å²) >= 11 is 0. The zero-order chi connectivity index (χ0) is 7.82. The van der Waals surface area contributed by atoms with Gasteiger partial charge in [0.25, 0.3) is 0 Å². The molecule has 0 amide bonds. The van der Waals surface area contributed by atoms with Gasteiger partial charge in [0.05, 0.1) is 6.21 Å². The van der Waals surface area contributed by atoms with Gasteiger partial charge in [0.15, 0.2) is 0 Å². The minimum atomic E-state index is -0.206. The van der Waals surface area contributed by atoms with Gasteiger partial charge in [-0.05, 0) is 0 Å². The summed E-state index contributed by atoms with van der Waals surface area (Å²) < 4.78 is 4.66. The third-order valence-corrected chi connectivity index (χ3v) is 0.828. The van der Waals surface area contributed by atoms with Gasteiger partial charge in [-0.1, -0.05) is 6.92 Å². The summed E-state index contributed by atoms with van der Waals surface area (Å²) in [7, 11) is 1.68. The summed E-state index contributed by atoms with van der Waals surface area (Å²) in [6.45, 7) is 1.99. The van der Waals surface area contributed by atoms with E-state index in [1.165, 1.54) is 6.21 Å². The summed E-state index contributed by atoms with van der Waals surface area (Å²) in [5.74, 6) is -0.206. The van der Waals surface area contributed by atoms with Gasteiger partial charge in [0, 0.05) is 13.5 Å². The first kappa shape index (κ1) is 8.94. The highest BCUT2D eigenvalue weighted by molar-refractivity contribution is 5.71. The molecule has 0 aliphatic rings. The number of ether oxygens (including phenoxy) is 1. The normalized spacial score (nSPS) is 9.80. The van der Waals surface area contributed by atoms with Crippen LogP contribution in [0.5, 0.6) is 0 Å². The van der Waals surface area contributed by atoms with Crippen molar-refractivity contribution in [3.63, 3.8) is 0 Å². The maximum Gasteiger partial charge on any atom is 0.305 e. The third-order valence-electron chi connectivity index (χ3n) is 0.828. The van der Waals surface area contributed by atoms with Crippen LogP contribution in [0.4, 0.5) is 0 Å². The molecule has 0 fully saturated rings. The molecule has 0 rings (SSSR count). The number of esters is 1. The highest BCUT2D eigenvalue weighted by Gasteiger charge is 1.93. The highest BCUT2D eigenvalue weighted by atomic mass is 16.5. The molecule has 0 saturated carbocycles. The molecule has 0 aromatic carbocycles. The van der Waals surface area contributed by atoms with Gasteiger partial charge in [-0.25, -0.2) is 0 Å². The number of hydrogen-bond donors (Lipinski definition) is 1. The predicted molar refractivity (Wildman–Crippen MR) is 38.8 cm³/mol. The van der Waals surface area contributed by atoms with E-state index in [9.17, 15) is 4.79 Å². The van der Waals surface area contributed by atoms with Crippen LogP contribution in [-0.4, -0.2) is 25.8 Å². The van der Waals surface area contributed by atoms with Gasteiger partial charge in [0.2, 0.25) is 0 Å². The molecule has 58 valence electrons. The Morgan fingerprint density at radius 3 is 3.00 bits per heavy atom. The number of rotatable bonds is 4. The maximum atomic E-state index is 10.5. The zero-order valence-corrected chi connectivity index (χ0v) is 6.26. The summed E-state index contributed by atoms with van der Waals surface area (Å²) in [6, 6.07) is 0. The first-order valence-electron chi connectivity index (χ1n) is 3.15. The monoisotopic (exact) mass is 144 g/mol. The van der Waals surface area contributed by atoms with Crippen molar-refractivity contribution in [2.24, 2.45) is 5.10 Å². The van der Waals surface area contributed by atoms with Crippen molar-refractivity contribution in [1.82, 2.24) is 5.43 Å². The Morgan fingerprint density at radius 2 is 2.50 bits per heavy atom. The molecule has 0 aromatic heterocycles. The Labute approximate surface area is 60.3 Å². The van der Waals surface area contributed by atoms with Gasteiger partial charge in [0.1, 0.15) is 6.61 Å². The van der Waals surface area contributed by atoms with E-state index in [0.717, 1.165) is 0 Å². The first-order valence-corrected chi connectivity index (χ1v) is 3.15. The number of hydrazone groups is 1. The van der Waals surface area contributed by atoms with Crippen molar-refractivity contribution in [1.29, 1.82) is 0 Å². The lowest BCUT2D eigenvalue weighted by Gasteiger charge is -1.95. The summed E-state index contributed by atoms with van der Waals surface area (Å²) in [4.78, 5) is 10.5. The minimum absolute atomic E-state index is 0.206. The van der Waals surface area contributed by atoms with Gasteiger partial charge in [-0.3, -0.25) is 4.79 Å². The molecule has 0 unspecified atom stereocenters. The van der Waals surface area contributed by atoms with Crippen LogP contribution in [0, 0.1) is 0 Å². The molecule has 4 heteroatoms. The molecular weight excluding hydrogens is 132 g/mol. The Balaban J connectivity index is 3.19. The van der Waals surface area contributed by atoms with E-state index in [2.05, 4.69) is 15.3 Å². The smallest absolute Gasteiger partial charge is 0.305 e. The number of nitrogens with one attached hydrogen (secondary N) is 1. The molecule has 0 aromatic rings. The first-order chi connectivity index (χ1) is 4.81. The zero-order valence-electron chi connectivity index (χ0n) is 6.26. The minimum Gasteiger partial charge on any atom is -0.460 e. The lowest BCUT2D eigenvalue weighted by atomic mass is 10.5. The second-order valence-corrected chi connectivity index (χ2v) is 1.57. The number of carbonyl (C=O) groups is 1. The van der Waals surface area contributed by atoms with Crippen molar-refractivity contribution >= 4 is 12.2 Å². The molecule has 0 aliphatic carbocycles. The fourth-order valence-corrected chi connectivity index (χ4v) is 0.361. The molecule has 0 bridgehead atoms. The lowest BCUT2D eigenvalue weighted by molar-refractivity contribution is -0.141. The number of hydrogen-bond acceptors (Lipinski definition) is 4. The molecule has 0 saturated heterocycles. The highest BCUT2D eigenvalue weighted by Crippen LogP contribution is 1.80. The molecule has 1 N–H and O–H groups in total. The van der Waals surface area contributed by atoms with Crippen LogP contribution in [0.15, 0.2) is 5.10 Å². The Hall–Kier alpha value is -1.06. The second kappa shape index (κ2) is 6.07. The summed E-state index contributed by atoms with van der Waals surface area (Å²) in [5.41, 5.74) is 2.54. The predicted octanol–water partition coefficient (Wildman–Crippen LogP) is 0.145. The van der Waals surface area contributed by atoms with Crippen molar-refractivity contribution in [3.8, 4) is 0 Å². The van der Waals surface area contributed by atoms with Crippen LogP contribution >= 0.6 is 0 Å². The molecular formula is C6H12N2O2. The largest absolute Gasteiger partial charge is 0.460 e. The number of nitrogens with zero attached hydrogens (tertiary/aromatic N) is 1. The average molecular weight is 144 g/mol.